The van der Waals surface area contributed by atoms with Crippen LogP contribution in [0.5, 0.6) is 0 Å². The smallest absolute Gasteiger partial charge is 0.313 e. The van der Waals surface area contributed by atoms with E-state index in [9.17, 15) is 4.79 Å². The Morgan fingerprint density at radius 1 is 1.31 bits per heavy atom. The van der Waals surface area contributed by atoms with E-state index in [0.717, 1.165) is 0 Å². The van der Waals surface area contributed by atoms with E-state index in [-0.39, 0.29) is 5.75 Å². The number of carbonyl (C=O) groups is 1. The summed E-state index contributed by atoms with van der Waals surface area (Å²) in [6.07, 6.45) is 0. The molecule has 0 amide bonds. The van der Waals surface area contributed by atoms with Crippen molar-refractivity contribution in [2.45, 2.75) is 0 Å². The molecule has 0 saturated heterocycles. The van der Waals surface area contributed by atoms with E-state index >= 15 is 0 Å². The highest BCUT2D eigenvalue weighted by atomic mass is 35.5. The average Bonchev–Trinajstić information content (AvgIpc) is 2.11. The summed E-state index contributed by atoms with van der Waals surface area (Å²) in [5.41, 5.74) is 0. The summed E-state index contributed by atoms with van der Waals surface area (Å²) < 4.78 is 0. The van der Waals surface area contributed by atoms with Crippen molar-refractivity contribution in [3.63, 3.8) is 0 Å². The largest absolute Gasteiger partial charge is 0.481 e. The van der Waals surface area contributed by atoms with Crippen LogP contribution in [0, 0.1) is 0 Å². The van der Waals surface area contributed by atoms with Gasteiger partial charge in [-0.3, -0.25) is 4.79 Å². The maximum atomic E-state index is 9.29. The SMILES string of the molecule is Clc1ccccc1Cl.O=C(O)CS. The molecule has 1 rings (SSSR count). The number of rotatable bonds is 1. The molecule has 0 radical (unpaired) electrons. The summed E-state index contributed by atoms with van der Waals surface area (Å²) in [4.78, 5) is 9.29. The Morgan fingerprint density at radius 3 is 1.77 bits per heavy atom. The molecule has 1 N–H and O–H groups in total. The molecule has 5 heteroatoms. The van der Waals surface area contributed by atoms with Crippen LogP contribution in [0.3, 0.4) is 0 Å². The Labute approximate surface area is 91.9 Å². The minimum absolute atomic E-state index is 0.0833. The first-order chi connectivity index (χ1) is 6.07. The Kier molecular flexibility index (Phi) is 6.86. The van der Waals surface area contributed by atoms with Crippen LogP contribution in [0.2, 0.25) is 10.0 Å². The minimum atomic E-state index is -0.881. The third-order valence-electron chi connectivity index (χ3n) is 0.960. The summed E-state index contributed by atoms with van der Waals surface area (Å²) in [6.45, 7) is 0. The van der Waals surface area contributed by atoms with Gasteiger partial charge >= 0.3 is 5.97 Å². The summed E-state index contributed by atoms with van der Waals surface area (Å²) in [6, 6.07) is 7.19. The van der Waals surface area contributed by atoms with Crippen molar-refractivity contribution < 1.29 is 9.90 Å². The van der Waals surface area contributed by atoms with Gasteiger partial charge in [0.25, 0.3) is 0 Å². The molecule has 0 saturated carbocycles. The highest BCUT2D eigenvalue weighted by Gasteiger charge is 1.89. The summed E-state index contributed by atoms with van der Waals surface area (Å²) in [5.74, 6) is -0.965. The molecule has 0 spiro atoms. The Bertz CT molecular complexity index is 258. The number of thiol groups is 1. The zero-order chi connectivity index (χ0) is 10.3. The molecular weight excluding hydrogens is 231 g/mol. The molecule has 72 valence electrons. The van der Waals surface area contributed by atoms with E-state index in [1.807, 2.05) is 12.1 Å². The summed E-state index contributed by atoms with van der Waals surface area (Å²) in [7, 11) is 0. The van der Waals surface area contributed by atoms with Crippen LogP contribution in [-0.4, -0.2) is 16.8 Å². The highest BCUT2D eigenvalue weighted by Crippen LogP contribution is 2.19. The van der Waals surface area contributed by atoms with Crippen LogP contribution in [-0.2, 0) is 4.79 Å². The Balaban J connectivity index is 0.000000252. The van der Waals surface area contributed by atoms with Crippen molar-refractivity contribution in [1.82, 2.24) is 0 Å². The lowest BCUT2D eigenvalue weighted by molar-refractivity contribution is -0.133. The third kappa shape index (κ3) is 6.75. The number of hydrogen-bond donors (Lipinski definition) is 2. The zero-order valence-electron chi connectivity index (χ0n) is 6.58. The van der Waals surface area contributed by atoms with E-state index in [4.69, 9.17) is 28.3 Å². The Morgan fingerprint density at radius 2 is 1.62 bits per heavy atom. The van der Waals surface area contributed by atoms with Gasteiger partial charge < -0.3 is 5.11 Å². The predicted octanol–water partition coefficient (Wildman–Crippen LogP) is 2.99. The van der Waals surface area contributed by atoms with Crippen molar-refractivity contribution in [2.75, 3.05) is 5.75 Å². The fourth-order valence-electron chi connectivity index (χ4n) is 0.439. The molecule has 0 bridgehead atoms. The predicted molar refractivity (Wildman–Crippen MR) is 58.0 cm³/mol. The maximum absolute atomic E-state index is 9.29. The lowest BCUT2D eigenvalue weighted by atomic mass is 10.4. The number of carboxylic acids is 1. The number of aliphatic carboxylic acids is 1. The lowest BCUT2D eigenvalue weighted by Gasteiger charge is -1.88. The molecule has 13 heavy (non-hydrogen) atoms. The van der Waals surface area contributed by atoms with Gasteiger partial charge in [0.2, 0.25) is 0 Å². The van der Waals surface area contributed by atoms with Crippen molar-refractivity contribution >= 4 is 41.8 Å². The van der Waals surface area contributed by atoms with Gasteiger partial charge in [-0.15, -0.1) is 0 Å². The summed E-state index contributed by atoms with van der Waals surface area (Å²) in [5, 5.41) is 8.86. The first-order valence-electron chi connectivity index (χ1n) is 3.30. The minimum Gasteiger partial charge on any atom is -0.481 e. The van der Waals surface area contributed by atoms with Crippen molar-refractivity contribution in [3.05, 3.63) is 34.3 Å². The topological polar surface area (TPSA) is 37.3 Å². The molecule has 0 aliphatic rings. The van der Waals surface area contributed by atoms with Gasteiger partial charge in [0.05, 0.1) is 15.8 Å². The first kappa shape index (κ1) is 12.6. The number of halogens is 2. The van der Waals surface area contributed by atoms with Gasteiger partial charge in [0.1, 0.15) is 0 Å². The standard InChI is InChI=1S/C6H4Cl2.C2H4O2S/c7-5-3-1-2-4-6(5)8;3-2(4)1-5/h1-4H;5H,1H2,(H,3,4). The van der Waals surface area contributed by atoms with E-state index in [0.29, 0.717) is 10.0 Å². The van der Waals surface area contributed by atoms with Crippen LogP contribution in [0.1, 0.15) is 0 Å². The maximum Gasteiger partial charge on any atom is 0.313 e. The number of carboxylic acid groups (broad SMARTS) is 1. The molecule has 0 aliphatic heterocycles. The second-order valence-corrected chi connectivity index (χ2v) is 3.10. The van der Waals surface area contributed by atoms with Crippen molar-refractivity contribution in [3.8, 4) is 0 Å². The average molecular weight is 239 g/mol. The quantitative estimate of drug-likeness (QED) is 0.739. The van der Waals surface area contributed by atoms with Gasteiger partial charge in [0, 0.05) is 0 Å². The number of benzene rings is 1. The van der Waals surface area contributed by atoms with Gasteiger partial charge in [-0.2, -0.15) is 12.6 Å². The van der Waals surface area contributed by atoms with Crippen LogP contribution < -0.4 is 0 Å². The molecule has 1 aromatic carbocycles. The van der Waals surface area contributed by atoms with Gasteiger partial charge in [-0.05, 0) is 12.1 Å². The normalized spacial score (nSPS) is 8.54. The fourth-order valence-corrected chi connectivity index (χ4v) is 0.711. The Hall–Kier alpha value is -0.380. The zero-order valence-corrected chi connectivity index (χ0v) is 8.98. The van der Waals surface area contributed by atoms with E-state index in [1.165, 1.54) is 0 Å². The third-order valence-corrected chi connectivity index (χ3v) is 1.99. The molecule has 0 heterocycles. The number of hydrogen-bond acceptors (Lipinski definition) is 2. The molecule has 2 nitrogen and oxygen atoms in total. The second-order valence-electron chi connectivity index (χ2n) is 1.97. The molecule has 0 aromatic heterocycles. The second kappa shape index (κ2) is 7.06. The fraction of sp³-hybridized carbons (Fsp3) is 0.125. The highest BCUT2D eigenvalue weighted by molar-refractivity contribution is 7.81. The molecule has 0 atom stereocenters. The van der Waals surface area contributed by atoms with Crippen molar-refractivity contribution in [2.24, 2.45) is 0 Å². The summed E-state index contributed by atoms with van der Waals surface area (Å²) >= 11 is 14.6. The van der Waals surface area contributed by atoms with Gasteiger partial charge in [0.15, 0.2) is 0 Å². The van der Waals surface area contributed by atoms with E-state index < -0.39 is 5.97 Å². The molecular formula is C8H8Cl2O2S. The molecule has 0 fully saturated rings. The van der Waals surface area contributed by atoms with Gasteiger partial charge in [-0.1, -0.05) is 35.3 Å². The van der Waals surface area contributed by atoms with Crippen LogP contribution in [0.25, 0.3) is 0 Å². The van der Waals surface area contributed by atoms with Crippen LogP contribution in [0.15, 0.2) is 24.3 Å². The molecule has 1 aromatic rings. The lowest BCUT2D eigenvalue weighted by Crippen LogP contribution is -1.92. The van der Waals surface area contributed by atoms with Crippen LogP contribution in [0.4, 0.5) is 0 Å². The van der Waals surface area contributed by atoms with Crippen LogP contribution >= 0.6 is 35.8 Å². The van der Waals surface area contributed by atoms with Crippen molar-refractivity contribution in [1.29, 1.82) is 0 Å². The first-order valence-corrected chi connectivity index (χ1v) is 4.69. The monoisotopic (exact) mass is 238 g/mol. The van der Waals surface area contributed by atoms with E-state index in [1.54, 1.807) is 12.1 Å². The van der Waals surface area contributed by atoms with Gasteiger partial charge in [-0.25, -0.2) is 0 Å². The molecule has 0 unspecified atom stereocenters. The molecule has 0 aliphatic carbocycles. The van der Waals surface area contributed by atoms with E-state index in [2.05, 4.69) is 12.6 Å².